The van der Waals surface area contributed by atoms with Gasteiger partial charge in [-0.2, -0.15) is 18.3 Å². The molecule has 0 atom stereocenters. The van der Waals surface area contributed by atoms with Crippen LogP contribution in [0.15, 0.2) is 76.7 Å². The summed E-state index contributed by atoms with van der Waals surface area (Å²) in [6.45, 7) is 0. The standard InChI is InChI=1S/C20H15F3N2OS/c21-20(22,23)16-10-8-14(9-11-16)12-24-25-19(26)13-27-18-7-3-5-15-4-1-2-6-17(15)18/h1-12H,13H2,(H,25,26)/b24-12+. The fourth-order valence-corrected chi connectivity index (χ4v) is 3.30. The summed E-state index contributed by atoms with van der Waals surface area (Å²) in [4.78, 5) is 12.9. The molecule has 138 valence electrons. The van der Waals surface area contributed by atoms with E-state index in [4.69, 9.17) is 0 Å². The number of hydrogen-bond acceptors (Lipinski definition) is 3. The van der Waals surface area contributed by atoms with Gasteiger partial charge in [0.2, 0.25) is 5.91 Å². The van der Waals surface area contributed by atoms with Gasteiger partial charge in [0.1, 0.15) is 0 Å². The fourth-order valence-electron chi connectivity index (χ4n) is 2.43. The molecule has 0 fully saturated rings. The molecule has 0 radical (unpaired) electrons. The molecular weight excluding hydrogens is 373 g/mol. The maximum atomic E-state index is 12.5. The van der Waals surface area contributed by atoms with Gasteiger partial charge in [-0.1, -0.05) is 48.5 Å². The molecule has 3 rings (SSSR count). The molecular formula is C20H15F3N2OS. The number of nitrogens with one attached hydrogen (secondary N) is 1. The molecule has 0 spiro atoms. The third-order valence-electron chi connectivity index (χ3n) is 3.75. The number of benzene rings is 3. The normalized spacial score (nSPS) is 11.8. The van der Waals surface area contributed by atoms with Crippen LogP contribution in [0.1, 0.15) is 11.1 Å². The van der Waals surface area contributed by atoms with Gasteiger partial charge in [-0.15, -0.1) is 11.8 Å². The lowest BCUT2D eigenvalue weighted by Gasteiger charge is -2.06. The first kappa shape index (κ1) is 19.0. The Morgan fingerprint density at radius 1 is 1.00 bits per heavy atom. The average molecular weight is 388 g/mol. The number of fused-ring (bicyclic) bond motifs is 1. The number of hydrazone groups is 1. The molecule has 1 amide bonds. The Balaban J connectivity index is 1.54. The van der Waals surface area contributed by atoms with E-state index in [1.807, 2.05) is 42.5 Å². The molecule has 1 N–H and O–H groups in total. The summed E-state index contributed by atoms with van der Waals surface area (Å²) in [6.07, 6.45) is -3.07. The van der Waals surface area contributed by atoms with Crippen molar-refractivity contribution in [2.75, 3.05) is 5.75 Å². The van der Waals surface area contributed by atoms with E-state index in [0.717, 1.165) is 27.8 Å². The molecule has 0 aliphatic carbocycles. The lowest BCUT2D eigenvalue weighted by atomic mass is 10.1. The van der Waals surface area contributed by atoms with Crippen molar-refractivity contribution in [2.24, 2.45) is 5.10 Å². The second kappa shape index (κ2) is 8.26. The largest absolute Gasteiger partial charge is 0.416 e. The molecule has 0 saturated heterocycles. The number of hydrogen-bond donors (Lipinski definition) is 1. The molecule has 3 nitrogen and oxygen atoms in total. The Hall–Kier alpha value is -2.80. The summed E-state index contributed by atoms with van der Waals surface area (Å²) >= 11 is 1.40. The third-order valence-corrected chi connectivity index (χ3v) is 4.82. The molecule has 0 unspecified atom stereocenters. The van der Waals surface area contributed by atoms with Gasteiger partial charge < -0.3 is 0 Å². The maximum Gasteiger partial charge on any atom is 0.416 e. The molecule has 3 aromatic rings. The number of carbonyl (C=O) groups excluding carboxylic acids is 1. The molecule has 7 heteroatoms. The first-order valence-corrected chi connectivity index (χ1v) is 9.02. The van der Waals surface area contributed by atoms with Crippen molar-refractivity contribution in [1.29, 1.82) is 0 Å². The highest BCUT2D eigenvalue weighted by atomic mass is 32.2. The summed E-state index contributed by atoms with van der Waals surface area (Å²) in [5.41, 5.74) is 2.12. The minimum Gasteiger partial charge on any atom is -0.272 e. The first-order valence-electron chi connectivity index (χ1n) is 8.03. The zero-order valence-corrected chi connectivity index (χ0v) is 14.8. The smallest absolute Gasteiger partial charge is 0.272 e. The number of alkyl halides is 3. The van der Waals surface area contributed by atoms with Crippen LogP contribution in [0.5, 0.6) is 0 Å². The van der Waals surface area contributed by atoms with Crippen molar-refractivity contribution in [3.63, 3.8) is 0 Å². The van der Waals surface area contributed by atoms with Gasteiger partial charge in [0.25, 0.3) is 0 Å². The fraction of sp³-hybridized carbons (Fsp3) is 0.100. The van der Waals surface area contributed by atoms with Crippen LogP contribution in [0.4, 0.5) is 13.2 Å². The molecule has 0 bridgehead atoms. The minimum atomic E-state index is -4.37. The predicted molar refractivity (Wildman–Crippen MR) is 102 cm³/mol. The predicted octanol–water partition coefficient (Wildman–Crippen LogP) is 5.10. The van der Waals surface area contributed by atoms with Crippen molar-refractivity contribution in [2.45, 2.75) is 11.1 Å². The van der Waals surface area contributed by atoms with Gasteiger partial charge >= 0.3 is 6.18 Å². The van der Waals surface area contributed by atoms with Gasteiger partial charge in [0.15, 0.2) is 0 Å². The quantitative estimate of drug-likeness (QED) is 0.375. The van der Waals surface area contributed by atoms with Crippen LogP contribution in [0.25, 0.3) is 10.8 Å². The minimum absolute atomic E-state index is 0.179. The van der Waals surface area contributed by atoms with Gasteiger partial charge in [-0.25, -0.2) is 5.43 Å². The summed E-state index contributed by atoms with van der Waals surface area (Å²) in [6, 6.07) is 18.3. The van der Waals surface area contributed by atoms with Crippen molar-refractivity contribution < 1.29 is 18.0 Å². The summed E-state index contributed by atoms with van der Waals surface area (Å²) in [5, 5.41) is 5.96. The second-order valence-corrected chi connectivity index (χ2v) is 6.70. The Morgan fingerprint density at radius 2 is 1.70 bits per heavy atom. The Labute approximate surface area is 158 Å². The van der Waals surface area contributed by atoms with E-state index >= 15 is 0 Å². The van der Waals surface area contributed by atoms with E-state index in [2.05, 4.69) is 10.5 Å². The van der Waals surface area contributed by atoms with Crippen LogP contribution in [-0.2, 0) is 11.0 Å². The van der Waals surface area contributed by atoms with Crippen molar-refractivity contribution in [3.05, 3.63) is 77.9 Å². The number of amides is 1. The summed E-state index contributed by atoms with van der Waals surface area (Å²) in [5.74, 6) is -0.116. The molecule has 27 heavy (non-hydrogen) atoms. The zero-order chi connectivity index (χ0) is 19.3. The van der Waals surface area contributed by atoms with Crippen LogP contribution in [0.3, 0.4) is 0 Å². The lowest BCUT2D eigenvalue weighted by Crippen LogP contribution is -2.19. The number of carbonyl (C=O) groups is 1. The second-order valence-electron chi connectivity index (χ2n) is 5.68. The summed E-state index contributed by atoms with van der Waals surface area (Å²) in [7, 11) is 0. The molecule has 0 saturated carbocycles. The zero-order valence-electron chi connectivity index (χ0n) is 14.0. The van der Waals surface area contributed by atoms with E-state index in [0.29, 0.717) is 5.56 Å². The topological polar surface area (TPSA) is 41.5 Å². The highest BCUT2D eigenvalue weighted by Crippen LogP contribution is 2.29. The number of halogens is 3. The number of nitrogens with zero attached hydrogens (tertiary/aromatic N) is 1. The van der Waals surface area contributed by atoms with Crippen LogP contribution >= 0.6 is 11.8 Å². The van der Waals surface area contributed by atoms with Crippen LogP contribution in [0.2, 0.25) is 0 Å². The van der Waals surface area contributed by atoms with Crippen molar-refractivity contribution >= 4 is 34.7 Å². The Kier molecular flexibility index (Phi) is 5.81. The van der Waals surface area contributed by atoms with E-state index in [-0.39, 0.29) is 11.7 Å². The highest BCUT2D eigenvalue weighted by Gasteiger charge is 2.29. The highest BCUT2D eigenvalue weighted by molar-refractivity contribution is 8.00. The molecule has 0 aliphatic rings. The summed E-state index contributed by atoms with van der Waals surface area (Å²) < 4.78 is 37.5. The number of thioether (sulfide) groups is 1. The monoisotopic (exact) mass is 388 g/mol. The molecule has 0 heterocycles. The lowest BCUT2D eigenvalue weighted by molar-refractivity contribution is -0.137. The third kappa shape index (κ3) is 5.10. The SMILES string of the molecule is O=C(CSc1cccc2ccccc12)N/N=C/c1ccc(C(F)(F)F)cc1. The van der Waals surface area contributed by atoms with E-state index in [1.54, 1.807) is 0 Å². The molecule has 3 aromatic carbocycles. The van der Waals surface area contributed by atoms with Gasteiger partial charge in [0.05, 0.1) is 17.5 Å². The van der Waals surface area contributed by atoms with Crippen molar-refractivity contribution in [3.8, 4) is 0 Å². The van der Waals surface area contributed by atoms with Crippen LogP contribution < -0.4 is 5.43 Å². The molecule has 0 aromatic heterocycles. The number of rotatable bonds is 5. The van der Waals surface area contributed by atoms with Crippen LogP contribution in [0, 0.1) is 0 Å². The van der Waals surface area contributed by atoms with Gasteiger partial charge in [-0.05, 0) is 34.5 Å². The van der Waals surface area contributed by atoms with E-state index < -0.39 is 11.7 Å². The first-order chi connectivity index (χ1) is 12.9. The Bertz CT molecular complexity index is 964. The van der Waals surface area contributed by atoms with Crippen LogP contribution in [-0.4, -0.2) is 17.9 Å². The van der Waals surface area contributed by atoms with E-state index in [1.165, 1.54) is 30.1 Å². The van der Waals surface area contributed by atoms with Gasteiger partial charge in [-0.3, -0.25) is 4.79 Å². The Morgan fingerprint density at radius 3 is 2.44 bits per heavy atom. The van der Waals surface area contributed by atoms with Gasteiger partial charge in [0, 0.05) is 4.90 Å². The molecule has 0 aliphatic heterocycles. The average Bonchev–Trinajstić information content (AvgIpc) is 2.66. The maximum absolute atomic E-state index is 12.5. The van der Waals surface area contributed by atoms with E-state index in [9.17, 15) is 18.0 Å². The van der Waals surface area contributed by atoms with Crippen molar-refractivity contribution in [1.82, 2.24) is 5.43 Å².